The minimum Gasteiger partial charge on any atom is -0.323 e. The van der Waals surface area contributed by atoms with E-state index < -0.39 is 23.1 Å². The van der Waals surface area contributed by atoms with Gasteiger partial charge in [-0.05, 0) is 12.8 Å². The lowest BCUT2D eigenvalue weighted by atomic mass is 9.82. The van der Waals surface area contributed by atoms with Crippen molar-refractivity contribution in [1.29, 1.82) is 5.26 Å². The summed E-state index contributed by atoms with van der Waals surface area (Å²) >= 11 is 0. The van der Waals surface area contributed by atoms with Crippen molar-refractivity contribution < 1.29 is 14.4 Å². The van der Waals surface area contributed by atoms with E-state index in [-0.39, 0.29) is 13.1 Å². The minimum atomic E-state index is -1.13. The predicted octanol–water partition coefficient (Wildman–Crippen LogP) is -0.199. The van der Waals surface area contributed by atoms with Crippen molar-refractivity contribution in [2.45, 2.75) is 26.7 Å². The zero-order chi connectivity index (χ0) is 13.1. The summed E-state index contributed by atoms with van der Waals surface area (Å²) in [6.45, 7) is 3.18. The average Bonchev–Trinajstić information content (AvgIpc) is 2.30. The van der Waals surface area contributed by atoms with E-state index >= 15 is 0 Å². The van der Waals surface area contributed by atoms with Crippen LogP contribution in [0.4, 0.5) is 0 Å². The molecule has 0 saturated carbocycles. The summed E-state index contributed by atoms with van der Waals surface area (Å²) in [6.07, 6.45) is 0.732. The SMILES string of the molecule is CCC(C#N)(CC)C(=O)N1CC(=O)NC(=O)C1. The van der Waals surface area contributed by atoms with Crippen LogP contribution in [-0.4, -0.2) is 35.7 Å². The van der Waals surface area contributed by atoms with Gasteiger partial charge in [0.1, 0.15) is 18.5 Å². The highest BCUT2D eigenvalue weighted by atomic mass is 16.2. The molecule has 0 aromatic heterocycles. The molecule has 1 heterocycles. The Hall–Kier alpha value is -1.90. The van der Waals surface area contributed by atoms with E-state index in [1.807, 2.05) is 6.07 Å². The van der Waals surface area contributed by atoms with Crippen molar-refractivity contribution >= 4 is 17.7 Å². The van der Waals surface area contributed by atoms with Crippen LogP contribution in [0.25, 0.3) is 0 Å². The third-order valence-electron chi connectivity index (χ3n) is 3.07. The largest absolute Gasteiger partial charge is 0.323 e. The highest BCUT2D eigenvalue weighted by Crippen LogP contribution is 2.28. The summed E-state index contributed by atoms with van der Waals surface area (Å²) in [7, 11) is 0. The van der Waals surface area contributed by atoms with Gasteiger partial charge in [-0.3, -0.25) is 19.7 Å². The van der Waals surface area contributed by atoms with E-state index in [4.69, 9.17) is 5.26 Å². The van der Waals surface area contributed by atoms with Gasteiger partial charge in [0, 0.05) is 0 Å². The lowest BCUT2D eigenvalue weighted by Gasteiger charge is -2.32. The fourth-order valence-electron chi connectivity index (χ4n) is 1.84. The van der Waals surface area contributed by atoms with Crippen LogP contribution in [0.2, 0.25) is 0 Å². The molecule has 1 rings (SSSR count). The second-order valence-electron chi connectivity index (χ2n) is 4.03. The molecule has 0 aromatic rings. The minimum absolute atomic E-state index is 0.159. The third kappa shape index (κ3) is 2.44. The Morgan fingerprint density at radius 2 is 1.82 bits per heavy atom. The van der Waals surface area contributed by atoms with E-state index in [9.17, 15) is 14.4 Å². The van der Waals surface area contributed by atoms with Crippen LogP contribution in [0, 0.1) is 16.7 Å². The zero-order valence-corrected chi connectivity index (χ0v) is 9.95. The molecule has 0 aliphatic carbocycles. The quantitative estimate of drug-likeness (QED) is 0.688. The molecule has 0 spiro atoms. The molecule has 1 fully saturated rings. The molecule has 0 bridgehead atoms. The van der Waals surface area contributed by atoms with Gasteiger partial charge in [0.15, 0.2) is 0 Å². The van der Waals surface area contributed by atoms with Gasteiger partial charge in [0.05, 0.1) is 6.07 Å². The lowest BCUT2D eigenvalue weighted by molar-refractivity contribution is -0.149. The van der Waals surface area contributed by atoms with E-state index in [0.29, 0.717) is 12.8 Å². The number of hydrogen-bond acceptors (Lipinski definition) is 4. The second-order valence-corrected chi connectivity index (χ2v) is 4.03. The molecule has 17 heavy (non-hydrogen) atoms. The number of amides is 3. The standard InChI is InChI=1S/C11H15N3O3/c1-3-11(4-2,7-12)10(17)14-5-8(15)13-9(16)6-14/h3-6H2,1-2H3,(H,13,15,16). The smallest absolute Gasteiger partial charge is 0.246 e. The van der Waals surface area contributed by atoms with Crippen LogP contribution in [0.1, 0.15) is 26.7 Å². The first kappa shape index (κ1) is 13.2. The average molecular weight is 237 g/mol. The van der Waals surface area contributed by atoms with Gasteiger partial charge < -0.3 is 4.90 Å². The van der Waals surface area contributed by atoms with Crippen LogP contribution in [-0.2, 0) is 14.4 Å². The number of nitrogens with one attached hydrogen (secondary N) is 1. The molecule has 0 atom stereocenters. The number of rotatable bonds is 3. The number of carbonyl (C=O) groups is 3. The normalized spacial score (nSPS) is 16.4. The van der Waals surface area contributed by atoms with Crippen molar-refractivity contribution in [2.24, 2.45) is 5.41 Å². The first-order valence-electron chi connectivity index (χ1n) is 5.52. The zero-order valence-electron chi connectivity index (χ0n) is 9.95. The summed E-state index contributed by atoms with van der Waals surface area (Å²) in [5, 5.41) is 11.2. The maximum absolute atomic E-state index is 12.2. The van der Waals surface area contributed by atoms with E-state index in [1.165, 1.54) is 0 Å². The number of piperazine rings is 1. The van der Waals surface area contributed by atoms with Crippen molar-refractivity contribution in [1.82, 2.24) is 10.2 Å². The Balaban J connectivity index is 2.92. The lowest BCUT2D eigenvalue weighted by Crippen LogP contribution is -2.56. The van der Waals surface area contributed by atoms with Gasteiger partial charge in [-0.1, -0.05) is 13.8 Å². The van der Waals surface area contributed by atoms with Gasteiger partial charge in [0.25, 0.3) is 0 Å². The number of nitriles is 1. The predicted molar refractivity (Wildman–Crippen MR) is 58.4 cm³/mol. The van der Waals surface area contributed by atoms with Crippen molar-refractivity contribution in [2.75, 3.05) is 13.1 Å². The molecule has 1 aliphatic heterocycles. The fraction of sp³-hybridized carbons (Fsp3) is 0.636. The molecule has 0 radical (unpaired) electrons. The van der Waals surface area contributed by atoms with Crippen molar-refractivity contribution in [3.8, 4) is 6.07 Å². The van der Waals surface area contributed by atoms with Crippen LogP contribution < -0.4 is 5.32 Å². The molecule has 1 aliphatic rings. The first-order chi connectivity index (χ1) is 7.99. The van der Waals surface area contributed by atoms with Crippen molar-refractivity contribution in [3.05, 3.63) is 0 Å². The van der Waals surface area contributed by atoms with Gasteiger partial charge in [-0.25, -0.2) is 0 Å². The van der Waals surface area contributed by atoms with Gasteiger partial charge in [-0.15, -0.1) is 0 Å². The first-order valence-corrected chi connectivity index (χ1v) is 5.52. The molecule has 1 N–H and O–H groups in total. The summed E-state index contributed by atoms with van der Waals surface area (Å²) < 4.78 is 0. The molecule has 3 amide bonds. The molecular formula is C11H15N3O3. The van der Waals surface area contributed by atoms with Crippen LogP contribution >= 0.6 is 0 Å². The molecule has 1 saturated heterocycles. The Bertz CT molecular complexity index is 377. The maximum Gasteiger partial charge on any atom is 0.246 e. The number of carbonyl (C=O) groups excluding carboxylic acids is 3. The highest BCUT2D eigenvalue weighted by molar-refractivity contribution is 6.03. The maximum atomic E-state index is 12.2. The fourth-order valence-corrected chi connectivity index (χ4v) is 1.84. The molecule has 6 heteroatoms. The second kappa shape index (κ2) is 4.95. The van der Waals surface area contributed by atoms with Gasteiger partial charge in [0.2, 0.25) is 17.7 Å². The number of nitrogens with zero attached hydrogens (tertiary/aromatic N) is 2. The van der Waals surface area contributed by atoms with Crippen LogP contribution in [0.15, 0.2) is 0 Å². The number of imide groups is 1. The van der Waals surface area contributed by atoms with E-state index in [2.05, 4.69) is 5.32 Å². The van der Waals surface area contributed by atoms with Gasteiger partial charge >= 0.3 is 0 Å². The highest BCUT2D eigenvalue weighted by Gasteiger charge is 2.40. The molecular weight excluding hydrogens is 222 g/mol. The van der Waals surface area contributed by atoms with Crippen LogP contribution in [0.3, 0.4) is 0 Å². The van der Waals surface area contributed by atoms with Crippen LogP contribution in [0.5, 0.6) is 0 Å². The monoisotopic (exact) mass is 237 g/mol. The molecule has 0 aromatic carbocycles. The Morgan fingerprint density at radius 3 is 2.18 bits per heavy atom. The third-order valence-corrected chi connectivity index (χ3v) is 3.07. The Labute approximate surface area is 99.6 Å². The summed E-state index contributed by atoms with van der Waals surface area (Å²) in [4.78, 5) is 35.7. The summed E-state index contributed by atoms with van der Waals surface area (Å²) in [6, 6.07) is 2.01. The topological polar surface area (TPSA) is 90.3 Å². The van der Waals surface area contributed by atoms with Crippen molar-refractivity contribution in [3.63, 3.8) is 0 Å². The molecule has 0 unspecified atom stereocenters. The Morgan fingerprint density at radius 1 is 1.35 bits per heavy atom. The summed E-state index contributed by atoms with van der Waals surface area (Å²) in [5.41, 5.74) is -1.13. The summed E-state index contributed by atoms with van der Waals surface area (Å²) in [5.74, 6) is -1.45. The van der Waals surface area contributed by atoms with E-state index in [0.717, 1.165) is 4.90 Å². The van der Waals surface area contributed by atoms with Gasteiger partial charge in [-0.2, -0.15) is 5.26 Å². The van der Waals surface area contributed by atoms with E-state index in [1.54, 1.807) is 13.8 Å². The Kier molecular flexibility index (Phi) is 3.84. The molecule has 6 nitrogen and oxygen atoms in total. The number of hydrogen-bond donors (Lipinski definition) is 1. The molecule has 92 valence electrons.